The van der Waals surface area contributed by atoms with Crippen molar-refractivity contribution >= 4 is 33.8 Å². The van der Waals surface area contributed by atoms with Crippen LogP contribution in [0.25, 0.3) is 66.4 Å². The molecule has 1 nitrogen and oxygen atoms in total. The van der Waals surface area contributed by atoms with Gasteiger partial charge in [-0.05, 0) is 101 Å². The molecule has 1 atom stereocenters. The Hall–Kier alpha value is -6.53. The SMILES string of the molecule is O=P(c1ccccc1)(c1ccccc1)c1ccc(-c2ccc3c(c2)C2(c4ccccc4-3)c3ccccc3-c3c2cc2c4c(cccc34)-c3ccccc3-2)cc1. The summed E-state index contributed by atoms with van der Waals surface area (Å²) in [7, 11) is -3.08. The van der Waals surface area contributed by atoms with Gasteiger partial charge in [0.2, 0.25) is 0 Å². The van der Waals surface area contributed by atoms with Gasteiger partial charge in [-0.2, -0.15) is 0 Å². The molecule has 3 aliphatic rings. The molecule has 0 radical (unpaired) electrons. The maximum absolute atomic E-state index is 15.2. The van der Waals surface area contributed by atoms with Crippen LogP contribution in [0.2, 0.25) is 0 Å². The van der Waals surface area contributed by atoms with Crippen LogP contribution in [0, 0.1) is 0 Å². The molecule has 0 fully saturated rings. The third kappa shape index (κ3) is 3.96. The van der Waals surface area contributed by atoms with E-state index in [2.05, 4.69) is 140 Å². The van der Waals surface area contributed by atoms with Crippen LogP contribution in [-0.2, 0) is 9.98 Å². The first-order valence-corrected chi connectivity index (χ1v) is 20.7. The average molecular weight is 717 g/mol. The van der Waals surface area contributed by atoms with Crippen LogP contribution in [0.5, 0.6) is 0 Å². The highest BCUT2D eigenvalue weighted by atomic mass is 31.2. The highest BCUT2D eigenvalue weighted by molar-refractivity contribution is 7.85. The molecular weight excluding hydrogens is 684 g/mol. The van der Waals surface area contributed by atoms with E-state index in [1.54, 1.807) is 0 Å². The van der Waals surface area contributed by atoms with Gasteiger partial charge in [-0.1, -0.05) is 188 Å². The topological polar surface area (TPSA) is 17.1 Å². The van der Waals surface area contributed by atoms with E-state index in [9.17, 15) is 0 Å². The molecule has 9 aromatic rings. The molecule has 0 bridgehead atoms. The zero-order valence-corrected chi connectivity index (χ0v) is 30.8. The van der Waals surface area contributed by atoms with E-state index >= 15 is 4.57 Å². The summed E-state index contributed by atoms with van der Waals surface area (Å²) in [6, 6.07) is 71.8. The van der Waals surface area contributed by atoms with Crippen LogP contribution in [0.1, 0.15) is 22.3 Å². The smallest absolute Gasteiger partial charge is 0.171 e. The van der Waals surface area contributed by atoms with E-state index in [0.717, 1.165) is 27.0 Å². The third-order valence-electron chi connectivity index (χ3n) is 12.5. The first-order chi connectivity index (χ1) is 27.2. The molecule has 0 heterocycles. The molecule has 0 amide bonds. The van der Waals surface area contributed by atoms with Crippen LogP contribution in [-0.4, -0.2) is 0 Å². The van der Waals surface area contributed by atoms with Crippen LogP contribution in [0.15, 0.2) is 200 Å². The summed E-state index contributed by atoms with van der Waals surface area (Å²) in [4.78, 5) is 0. The van der Waals surface area contributed by atoms with Gasteiger partial charge in [-0.3, -0.25) is 0 Å². The van der Waals surface area contributed by atoms with Gasteiger partial charge in [-0.15, -0.1) is 0 Å². The molecule has 1 unspecified atom stereocenters. The monoisotopic (exact) mass is 716 g/mol. The molecule has 0 saturated carbocycles. The Morgan fingerprint density at radius 3 is 1.53 bits per heavy atom. The minimum absolute atomic E-state index is 0.484. The van der Waals surface area contributed by atoms with Gasteiger partial charge in [0.15, 0.2) is 7.14 Å². The summed E-state index contributed by atoms with van der Waals surface area (Å²) in [6.07, 6.45) is 0. The summed E-state index contributed by atoms with van der Waals surface area (Å²) in [5, 5.41) is 5.20. The fourth-order valence-corrected chi connectivity index (χ4v) is 12.9. The maximum Gasteiger partial charge on any atom is 0.171 e. The van der Waals surface area contributed by atoms with Crippen LogP contribution in [0.3, 0.4) is 0 Å². The van der Waals surface area contributed by atoms with E-state index in [0.29, 0.717) is 0 Å². The van der Waals surface area contributed by atoms with Gasteiger partial charge in [0.1, 0.15) is 0 Å². The first kappa shape index (κ1) is 30.9. The fraction of sp³-hybridized carbons (Fsp3) is 0.0189. The lowest BCUT2D eigenvalue weighted by atomic mass is 9.69. The van der Waals surface area contributed by atoms with Crippen LogP contribution >= 0.6 is 7.14 Å². The summed E-state index contributed by atoms with van der Waals surface area (Å²) in [6.45, 7) is 0. The van der Waals surface area contributed by atoms with Crippen LogP contribution < -0.4 is 15.9 Å². The summed E-state index contributed by atoms with van der Waals surface area (Å²) in [5.41, 5.74) is 17.6. The Kier molecular flexibility index (Phi) is 6.32. The highest BCUT2D eigenvalue weighted by Crippen LogP contribution is 2.66. The second kappa shape index (κ2) is 11.2. The quantitative estimate of drug-likeness (QED) is 0.166. The molecule has 0 N–H and O–H groups in total. The molecule has 3 aliphatic carbocycles. The number of benzene rings is 9. The standard InChI is InChI=1S/C53H33OP/c54-55(36-14-3-1-4-15-36,37-16-5-2-6-17-37)38-29-26-34(27-30-38)35-28-31-42-41-20-9-11-24-47(41)53(49(42)32-35)48-25-12-10-21-44(48)52-45-23-13-22-43-39-18-7-8-19-40(39)46(51(43)45)33-50(52)53/h1-33H. The van der Waals surface area contributed by atoms with E-state index < -0.39 is 12.6 Å². The maximum atomic E-state index is 15.2. The van der Waals surface area contributed by atoms with Gasteiger partial charge >= 0.3 is 0 Å². The molecule has 9 aromatic carbocycles. The van der Waals surface area contributed by atoms with Crippen molar-refractivity contribution in [3.05, 3.63) is 222 Å². The van der Waals surface area contributed by atoms with Gasteiger partial charge in [0.05, 0.1) is 5.41 Å². The van der Waals surface area contributed by atoms with E-state index in [1.165, 1.54) is 77.5 Å². The van der Waals surface area contributed by atoms with Crippen molar-refractivity contribution in [2.75, 3.05) is 0 Å². The Labute approximate surface area is 320 Å². The molecule has 1 spiro atoms. The Morgan fingerprint density at radius 2 is 0.836 bits per heavy atom. The Bertz CT molecular complexity index is 3060. The first-order valence-electron chi connectivity index (χ1n) is 19.0. The molecule has 0 aromatic heterocycles. The van der Waals surface area contributed by atoms with Crippen LogP contribution in [0.4, 0.5) is 0 Å². The summed E-state index contributed by atoms with van der Waals surface area (Å²) < 4.78 is 15.2. The second-order valence-electron chi connectivity index (χ2n) is 15.0. The van der Waals surface area contributed by atoms with E-state index in [1.807, 2.05) is 60.7 Å². The fourth-order valence-electron chi connectivity index (χ4n) is 10.3. The Balaban J connectivity index is 1.09. The molecular formula is C53H33OP. The van der Waals surface area contributed by atoms with Crippen molar-refractivity contribution in [3.8, 4) is 55.6 Å². The lowest BCUT2D eigenvalue weighted by Gasteiger charge is -2.31. The summed E-state index contributed by atoms with van der Waals surface area (Å²) in [5.74, 6) is 0. The molecule has 0 aliphatic heterocycles. The molecule has 12 rings (SSSR count). The third-order valence-corrected chi connectivity index (χ3v) is 15.6. The van der Waals surface area contributed by atoms with Gasteiger partial charge in [-0.25, -0.2) is 0 Å². The zero-order valence-electron chi connectivity index (χ0n) is 29.9. The molecule has 256 valence electrons. The predicted octanol–water partition coefficient (Wildman–Crippen LogP) is 12.1. The average Bonchev–Trinajstić information content (AvgIpc) is 3.86. The van der Waals surface area contributed by atoms with Gasteiger partial charge in [0.25, 0.3) is 0 Å². The lowest BCUT2D eigenvalue weighted by molar-refractivity contribution is 0.592. The van der Waals surface area contributed by atoms with Gasteiger partial charge in [0, 0.05) is 15.9 Å². The van der Waals surface area contributed by atoms with Crippen molar-refractivity contribution < 1.29 is 4.57 Å². The molecule has 55 heavy (non-hydrogen) atoms. The minimum Gasteiger partial charge on any atom is -0.309 e. The molecule has 0 saturated heterocycles. The van der Waals surface area contributed by atoms with Crippen molar-refractivity contribution in [1.29, 1.82) is 0 Å². The number of hydrogen-bond acceptors (Lipinski definition) is 1. The second-order valence-corrected chi connectivity index (χ2v) is 17.8. The normalized spacial score (nSPS) is 15.4. The zero-order chi connectivity index (χ0) is 36.3. The Morgan fingerprint density at radius 1 is 0.327 bits per heavy atom. The largest absolute Gasteiger partial charge is 0.309 e. The van der Waals surface area contributed by atoms with Crippen molar-refractivity contribution in [3.63, 3.8) is 0 Å². The number of hydrogen-bond donors (Lipinski definition) is 0. The predicted molar refractivity (Wildman–Crippen MR) is 230 cm³/mol. The van der Waals surface area contributed by atoms with E-state index in [4.69, 9.17) is 0 Å². The van der Waals surface area contributed by atoms with Crippen molar-refractivity contribution in [1.82, 2.24) is 0 Å². The molecule has 2 heteroatoms. The lowest BCUT2D eigenvalue weighted by Crippen LogP contribution is -2.26. The van der Waals surface area contributed by atoms with Gasteiger partial charge < -0.3 is 4.57 Å². The highest BCUT2D eigenvalue weighted by Gasteiger charge is 2.52. The van der Waals surface area contributed by atoms with E-state index in [-0.39, 0.29) is 0 Å². The number of rotatable bonds is 4. The number of fused-ring (bicyclic) bond motifs is 14. The van der Waals surface area contributed by atoms with Crippen molar-refractivity contribution in [2.24, 2.45) is 0 Å². The minimum atomic E-state index is -3.08. The summed E-state index contributed by atoms with van der Waals surface area (Å²) >= 11 is 0. The van der Waals surface area contributed by atoms with Crippen molar-refractivity contribution in [2.45, 2.75) is 5.41 Å².